The molecule has 0 atom stereocenters. The van der Waals surface area contributed by atoms with E-state index in [1.165, 1.54) is 6.42 Å². The van der Waals surface area contributed by atoms with E-state index in [0.29, 0.717) is 12.2 Å². The van der Waals surface area contributed by atoms with E-state index in [1.54, 1.807) is 12.1 Å². The van der Waals surface area contributed by atoms with Crippen molar-refractivity contribution in [2.24, 2.45) is 0 Å². The first-order valence-corrected chi connectivity index (χ1v) is 8.43. The third-order valence-corrected chi connectivity index (χ3v) is 3.55. The van der Waals surface area contributed by atoms with E-state index >= 15 is 0 Å². The van der Waals surface area contributed by atoms with E-state index in [2.05, 4.69) is 26.0 Å². The second kappa shape index (κ2) is 9.24. The molecule has 1 N–H and O–H groups in total. The lowest BCUT2D eigenvalue weighted by atomic mass is 9.95. The molecular formula is C21H28O3. The van der Waals surface area contributed by atoms with Gasteiger partial charge in [-0.25, -0.2) is 4.79 Å². The highest BCUT2D eigenvalue weighted by molar-refractivity contribution is 5.88. The van der Waals surface area contributed by atoms with Gasteiger partial charge in [0, 0.05) is 6.61 Å². The molecule has 2 aromatic carbocycles. The highest BCUT2D eigenvalue weighted by atomic mass is 16.5. The Hall–Kier alpha value is -2.13. The molecule has 0 aliphatic rings. The van der Waals surface area contributed by atoms with E-state index in [0.717, 1.165) is 16.7 Å². The predicted molar refractivity (Wildman–Crippen MR) is 99.5 cm³/mol. The molecule has 0 unspecified atom stereocenters. The maximum Gasteiger partial charge on any atom is 0.335 e. The van der Waals surface area contributed by atoms with Crippen LogP contribution in [-0.2, 0) is 10.3 Å². The molecule has 2 rings (SSSR count). The molecule has 0 saturated heterocycles. The fourth-order valence-electron chi connectivity index (χ4n) is 2.31. The van der Waals surface area contributed by atoms with Crippen LogP contribution in [0.3, 0.4) is 0 Å². The van der Waals surface area contributed by atoms with Gasteiger partial charge < -0.3 is 9.84 Å². The Kier molecular flexibility index (Phi) is 7.66. The largest absolute Gasteiger partial charge is 0.478 e. The Morgan fingerprint density at radius 2 is 1.33 bits per heavy atom. The zero-order valence-electron chi connectivity index (χ0n) is 15.3. The van der Waals surface area contributed by atoms with Crippen LogP contribution >= 0.6 is 0 Å². The SMILES string of the molecule is CCC.CCOC(C)(C)c1ccc(-c2ccc(C(=O)O)cc2)cc1. The monoisotopic (exact) mass is 328 g/mol. The van der Waals surface area contributed by atoms with Gasteiger partial charge in [0.2, 0.25) is 0 Å². The number of hydrogen-bond acceptors (Lipinski definition) is 2. The summed E-state index contributed by atoms with van der Waals surface area (Å²) in [5.41, 5.74) is 3.17. The van der Waals surface area contributed by atoms with Crippen LogP contribution in [0.25, 0.3) is 11.1 Å². The van der Waals surface area contributed by atoms with Crippen molar-refractivity contribution < 1.29 is 14.6 Å². The molecule has 0 aromatic heterocycles. The van der Waals surface area contributed by atoms with Crippen molar-refractivity contribution in [3.8, 4) is 11.1 Å². The number of aromatic carboxylic acids is 1. The lowest BCUT2D eigenvalue weighted by molar-refractivity contribution is -0.0140. The Labute approximate surface area is 145 Å². The second-order valence-corrected chi connectivity index (χ2v) is 6.11. The quantitative estimate of drug-likeness (QED) is 0.761. The van der Waals surface area contributed by atoms with Gasteiger partial charge in [-0.2, -0.15) is 0 Å². The van der Waals surface area contributed by atoms with Crippen LogP contribution in [0, 0.1) is 0 Å². The normalized spacial score (nSPS) is 10.7. The molecule has 0 radical (unpaired) electrons. The van der Waals surface area contributed by atoms with Crippen molar-refractivity contribution in [3.63, 3.8) is 0 Å². The van der Waals surface area contributed by atoms with Crippen LogP contribution in [-0.4, -0.2) is 17.7 Å². The number of carboxylic acid groups (broad SMARTS) is 1. The molecule has 0 bridgehead atoms. The summed E-state index contributed by atoms with van der Waals surface area (Å²) in [7, 11) is 0. The summed E-state index contributed by atoms with van der Waals surface area (Å²) in [4.78, 5) is 10.9. The average Bonchev–Trinajstić information content (AvgIpc) is 2.56. The van der Waals surface area contributed by atoms with Crippen LogP contribution in [0.5, 0.6) is 0 Å². The van der Waals surface area contributed by atoms with Gasteiger partial charge in [0.1, 0.15) is 0 Å². The molecule has 130 valence electrons. The zero-order chi connectivity index (χ0) is 18.2. The van der Waals surface area contributed by atoms with Crippen LogP contribution in [0.15, 0.2) is 48.5 Å². The average molecular weight is 328 g/mol. The molecule has 0 heterocycles. The van der Waals surface area contributed by atoms with Crippen LogP contribution in [0.4, 0.5) is 0 Å². The third kappa shape index (κ3) is 5.50. The summed E-state index contributed by atoms with van der Waals surface area (Å²) in [5, 5.41) is 8.91. The van der Waals surface area contributed by atoms with Crippen molar-refractivity contribution in [1.82, 2.24) is 0 Å². The van der Waals surface area contributed by atoms with E-state index in [-0.39, 0.29) is 5.60 Å². The van der Waals surface area contributed by atoms with Crippen LogP contribution < -0.4 is 0 Å². The Balaban J connectivity index is 0.000000891. The van der Waals surface area contributed by atoms with E-state index in [9.17, 15) is 4.79 Å². The summed E-state index contributed by atoms with van der Waals surface area (Å²) in [6.07, 6.45) is 1.25. The first kappa shape index (κ1) is 19.9. The summed E-state index contributed by atoms with van der Waals surface area (Å²) in [6, 6.07) is 15.1. The topological polar surface area (TPSA) is 46.5 Å². The molecule has 3 nitrogen and oxygen atoms in total. The Bertz CT molecular complexity index is 625. The third-order valence-electron chi connectivity index (χ3n) is 3.55. The minimum atomic E-state index is -0.907. The Morgan fingerprint density at radius 1 is 0.917 bits per heavy atom. The highest BCUT2D eigenvalue weighted by Gasteiger charge is 2.20. The highest BCUT2D eigenvalue weighted by Crippen LogP contribution is 2.27. The molecule has 0 spiro atoms. The molecule has 0 fully saturated rings. The molecule has 3 heteroatoms. The van der Waals surface area contributed by atoms with Crippen molar-refractivity contribution >= 4 is 5.97 Å². The number of benzene rings is 2. The number of carbonyl (C=O) groups is 1. The minimum Gasteiger partial charge on any atom is -0.478 e. The number of ether oxygens (including phenoxy) is 1. The van der Waals surface area contributed by atoms with Gasteiger partial charge in [-0.15, -0.1) is 0 Å². The van der Waals surface area contributed by atoms with Crippen molar-refractivity contribution in [1.29, 1.82) is 0 Å². The van der Waals surface area contributed by atoms with E-state index in [4.69, 9.17) is 9.84 Å². The Morgan fingerprint density at radius 3 is 1.71 bits per heavy atom. The summed E-state index contributed by atoms with van der Waals surface area (Å²) in [5.74, 6) is -0.907. The molecule has 0 amide bonds. The van der Waals surface area contributed by atoms with Gasteiger partial charge in [-0.1, -0.05) is 56.7 Å². The molecular weight excluding hydrogens is 300 g/mol. The van der Waals surface area contributed by atoms with Gasteiger partial charge >= 0.3 is 5.97 Å². The lowest BCUT2D eigenvalue weighted by Gasteiger charge is -2.25. The second-order valence-electron chi connectivity index (χ2n) is 6.11. The summed E-state index contributed by atoms with van der Waals surface area (Å²) >= 11 is 0. The minimum absolute atomic E-state index is 0.299. The van der Waals surface area contributed by atoms with E-state index < -0.39 is 5.97 Å². The van der Waals surface area contributed by atoms with Gasteiger partial charge in [0.15, 0.2) is 0 Å². The van der Waals surface area contributed by atoms with Crippen LogP contribution in [0.1, 0.15) is 57.0 Å². The van der Waals surface area contributed by atoms with E-state index in [1.807, 2.05) is 45.0 Å². The maximum atomic E-state index is 10.9. The van der Waals surface area contributed by atoms with Crippen molar-refractivity contribution in [2.75, 3.05) is 6.61 Å². The standard InChI is InChI=1S/C18H20O3.C3H8/c1-4-21-18(2,3)16-11-9-14(10-12-16)13-5-7-15(8-6-13)17(19)20;1-3-2/h5-12H,4H2,1-3H3,(H,19,20);3H2,1-2H3. The van der Waals surface area contributed by atoms with Crippen molar-refractivity contribution in [3.05, 3.63) is 59.7 Å². The smallest absolute Gasteiger partial charge is 0.335 e. The zero-order valence-corrected chi connectivity index (χ0v) is 15.3. The lowest BCUT2D eigenvalue weighted by Crippen LogP contribution is -2.21. The number of carboxylic acids is 1. The first-order valence-electron chi connectivity index (χ1n) is 8.43. The number of rotatable bonds is 5. The fraction of sp³-hybridized carbons (Fsp3) is 0.381. The predicted octanol–water partition coefficient (Wildman–Crippen LogP) is 5.74. The van der Waals surface area contributed by atoms with Crippen LogP contribution in [0.2, 0.25) is 0 Å². The number of hydrogen-bond donors (Lipinski definition) is 1. The van der Waals surface area contributed by atoms with Gasteiger partial charge in [-0.05, 0) is 49.6 Å². The maximum absolute atomic E-state index is 10.9. The van der Waals surface area contributed by atoms with Gasteiger partial charge in [0.25, 0.3) is 0 Å². The van der Waals surface area contributed by atoms with Gasteiger partial charge in [0.05, 0.1) is 11.2 Å². The molecule has 2 aromatic rings. The molecule has 0 aliphatic carbocycles. The fourth-order valence-corrected chi connectivity index (χ4v) is 2.31. The van der Waals surface area contributed by atoms with Crippen molar-refractivity contribution in [2.45, 2.75) is 46.6 Å². The molecule has 24 heavy (non-hydrogen) atoms. The molecule has 0 saturated carbocycles. The molecule has 0 aliphatic heterocycles. The first-order chi connectivity index (χ1) is 11.4. The van der Waals surface area contributed by atoms with Gasteiger partial charge in [-0.3, -0.25) is 0 Å². The summed E-state index contributed by atoms with van der Waals surface area (Å²) in [6.45, 7) is 11.0. The summed E-state index contributed by atoms with van der Waals surface area (Å²) < 4.78 is 5.74.